The van der Waals surface area contributed by atoms with Crippen LogP contribution < -0.4 is 0 Å². The summed E-state index contributed by atoms with van der Waals surface area (Å²) >= 11 is 0. The van der Waals surface area contributed by atoms with Crippen molar-refractivity contribution in [2.45, 2.75) is 104 Å². The molecule has 3 heteroatoms. The van der Waals surface area contributed by atoms with E-state index in [-0.39, 0.29) is 17.4 Å². The largest absolute Gasteiger partial charge is 0.481 e. The third kappa shape index (κ3) is 22.4. The monoisotopic (exact) mass is 311 g/mol. The molecule has 0 atom stereocenters. The summed E-state index contributed by atoms with van der Waals surface area (Å²) in [7, 11) is 0. The minimum Gasteiger partial charge on any atom is -0.481 e. The lowest BCUT2D eigenvalue weighted by Gasteiger charge is -2.04. The predicted octanol–water partition coefficient (Wildman–Crippen LogP) is 5.81. The Balaban J connectivity index is 0. The molecule has 0 amide bonds. The first-order valence-electron chi connectivity index (χ1n) is 8.84. The molecule has 3 radical (unpaired) electrons. The Kier molecular flexibility index (Phi) is 20.0. The molecule has 2 nitrogen and oxygen atoms in total. The first kappa shape index (κ1) is 23.3. The number of carbonyl (C=O) groups is 1. The van der Waals surface area contributed by atoms with Crippen LogP contribution in [0.3, 0.4) is 0 Å². The van der Waals surface area contributed by atoms with Gasteiger partial charge in [-0.2, -0.15) is 0 Å². The summed E-state index contributed by atoms with van der Waals surface area (Å²) in [4.78, 5) is 10.3. The molecule has 0 aliphatic carbocycles. The minimum absolute atomic E-state index is 0. The second-order valence-electron chi connectivity index (χ2n) is 6.57. The van der Waals surface area contributed by atoms with Gasteiger partial charge in [-0.3, -0.25) is 4.79 Å². The van der Waals surface area contributed by atoms with Crippen molar-refractivity contribution >= 4 is 23.3 Å². The molecular weight excluding hydrogens is 275 g/mol. The lowest BCUT2D eigenvalue weighted by molar-refractivity contribution is -0.137. The van der Waals surface area contributed by atoms with Crippen molar-refractivity contribution in [2.24, 2.45) is 5.92 Å². The number of aliphatic carboxylic acids is 1. The number of carboxylic acid groups (broad SMARTS) is 1. The molecule has 1 N–H and O–H groups in total. The van der Waals surface area contributed by atoms with E-state index >= 15 is 0 Å². The molecule has 0 aliphatic heterocycles. The molecule has 0 rings (SSSR count). The molecule has 0 bridgehead atoms. The third-order valence-electron chi connectivity index (χ3n) is 3.92. The Labute approximate surface area is 143 Å². The summed E-state index contributed by atoms with van der Waals surface area (Å²) in [5.74, 6) is 0.212. The maximum absolute atomic E-state index is 10.3. The van der Waals surface area contributed by atoms with Gasteiger partial charge >= 0.3 is 5.97 Å². The summed E-state index contributed by atoms with van der Waals surface area (Å²) in [5.41, 5.74) is 0. The first-order chi connectivity index (χ1) is 9.63. The highest BCUT2D eigenvalue weighted by molar-refractivity contribution is 5.75. The van der Waals surface area contributed by atoms with Crippen LogP contribution in [0.2, 0.25) is 0 Å². The van der Waals surface area contributed by atoms with Crippen LogP contribution in [-0.4, -0.2) is 28.4 Å². The van der Waals surface area contributed by atoms with E-state index in [0.29, 0.717) is 6.42 Å². The molecule has 0 aromatic heterocycles. The van der Waals surface area contributed by atoms with Gasteiger partial charge < -0.3 is 5.11 Å². The number of rotatable bonds is 15. The highest BCUT2D eigenvalue weighted by Crippen LogP contribution is 2.14. The van der Waals surface area contributed by atoms with Gasteiger partial charge in [0.1, 0.15) is 0 Å². The van der Waals surface area contributed by atoms with E-state index in [0.717, 1.165) is 18.8 Å². The normalized spacial score (nSPS) is 10.6. The van der Waals surface area contributed by atoms with Crippen molar-refractivity contribution < 1.29 is 9.90 Å². The summed E-state index contributed by atoms with van der Waals surface area (Å²) in [6.07, 6.45) is 17.3. The lowest BCUT2D eigenvalue weighted by Crippen LogP contribution is -1.93. The molecule has 0 saturated heterocycles. The van der Waals surface area contributed by atoms with Gasteiger partial charge in [-0.25, -0.2) is 0 Å². The summed E-state index contributed by atoms with van der Waals surface area (Å²) in [6, 6.07) is 0. The number of hydrogen-bond acceptors (Lipinski definition) is 1. The second-order valence-corrected chi connectivity index (χ2v) is 6.57. The summed E-state index contributed by atoms with van der Waals surface area (Å²) < 4.78 is 0. The van der Waals surface area contributed by atoms with Crippen LogP contribution >= 0.6 is 0 Å². The van der Waals surface area contributed by atoms with E-state index in [1.54, 1.807) is 0 Å². The molecule has 0 heterocycles. The maximum Gasteiger partial charge on any atom is 0.303 e. The topological polar surface area (TPSA) is 37.3 Å². The Morgan fingerprint density at radius 3 is 1.38 bits per heavy atom. The standard InChI is InChI=1S/C18H36O2.Al/c1-17(2)15-13-11-9-7-5-3-4-6-8-10-12-14-16-18(19)20;/h17H,3-16H2,1-2H3,(H,19,20);. The highest BCUT2D eigenvalue weighted by Gasteiger charge is 1.97. The zero-order valence-corrected chi connectivity index (χ0v) is 15.6. The molecule has 123 valence electrons. The number of unbranched alkanes of at least 4 members (excludes halogenated alkanes) is 11. The van der Waals surface area contributed by atoms with Crippen LogP contribution in [0.1, 0.15) is 104 Å². The summed E-state index contributed by atoms with van der Waals surface area (Å²) in [5, 5.41) is 8.52. The van der Waals surface area contributed by atoms with Gasteiger partial charge in [-0.15, -0.1) is 0 Å². The van der Waals surface area contributed by atoms with Gasteiger partial charge in [0.25, 0.3) is 0 Å². The van der Waals surface area contributed by atoms with Crippen LogP contribution in [0, 0.1) is 5.92 Å². The van der Waals surface area contributed by atoms with Crippen molar-refractivity contribution in [3.63, 3.8) is 0 Å². The third-order valence-corrected chi connectivity index (χ3v) is 3.92. The molecule has 0 spiro atoms. The molecule has 0 aromatic carbocycles. The van der Waals surface area contributed by atoms with Gasteiger partial charge in [0.2, 0.25) is 0 Å². The lowest BCUT2D eigenvalue weighted by atomic mass is 10.0. The average molecular weight is 311 g/mol. The number of hydrogen-bond donors (Lipinski definition) is 1. The van der Waals surface area contributed by atoms with E-state index in [2.05, 4.69) is 13.8 Å². The van der Waals surface area contributed by atoms with Gasteiger partial charge in [0, 0.05) is 23.8 Å². The fraction of sp³-hybridized carbons (Fsp3) is 0.944. The Hall–Kier alpha value is 0.00247. The molecule has 21 heavy (non-hydrogen) atoms. The quantitative estimate of drug-likeness (QED) is 0.306. The van der Waals surface area contributed by atoms with Crippen LogP contribution in [-0.2, 0) is 4.79 Å². The Morgan fingerprint density at radius 1 is 0.714 bits per heavy atom. The van der Waals surface area contributed by atoms with Crippen LogP contribution in [0.4, 0.5) is 0 Å². The SMILES string of the molecule is CC(C)CCCCCCCCCCCCCCC(=O)O.[Al]. The van der Waals surface area contributed by atoms with Crippen molar-refractivity contribution in [1.29, 1.82) is 0 Å². The van der Waals surface area contributed by atoms with Gasteiger partial charge in [0.05, 0.1) is 0 Å². The smallest absolute Gasteiger partial charge is 0.303 e. The minimum atomic E-state index is -0.654. The van der Waals surface area contributed by atoms with Gasteiger partial charge in [-0.05, 0) is 12.3 Å². The fourth-order valence-electron chi connectivity index (χ4n) is 2.60. The van der Waals surface area contributed by atoms with Crippen LogP contribution in [0.5, 0.6) is 0 Å². The molecule has 0 saturated carbocycles. The van der Waals surface area contributed by atoms with Gasteiger partial charge in [-0.1, -0.05) is 90.9 Å². The fourth-order valence-corrected chi connectivity index (χ4v) is 2.60. The van der Waals surface area contributed by atoms with E-state index in [1.165, 1.54) is 70.6 Å². The van der Waals surface area contributed by atoms with Crippen molar-refractivity contribution in [1.82, 2.24) is 0 Å². The molecular formula is C18H36AlO2. The summed E-state index contributed by atoms with van der Waals surface area (Å²) in [6.45, 7) is 4.61. The van der Waals surface area contributed by atoms with Crippen molar-refractivity contribution in [2.75, 3.05) is 0 Å². The molecule has 0 aliphatic rings. The van der Waals surface area contributed by atoms with Crippen LogP contribution in [0.25, 0.3) is 0 Å². The van der Waals surface area contributed by atoms with E-state index < -0.39 is 5.97 Å². The van der Waals surface area contributed by atoms with Crippen molar-refractivity contribution in [3.05, 3.63) is 0 Å². The second kappa shape index (κ2) is 18.1. The number of carboxylic acids is 1. The Morgan fingerprint density at radius 2 is 1.05 bits per heavy atom. The predicted molar refractivity (Wildman–Crippen MR) is 92.9 cm³/mol. The van der Waals surface area contributed by atoms with E-state index in [1.807, 2.05) is 0 Å². The van der Waals surface area contributed by atoms with E-state index in [9.17, 15) is 4.79 Å². The van der Waals surface area contributed by atoms with Gasteiger partial charge in [0.15, 0.2) is 0 Å². The first-order valence-corrected chi connectivity index (χ1v) is 8.84. The van der Waals surface area contributed by atoms with Crippen molar-refractivity contribution in [3.8, 4) is 0 Å². The Bertz CT molecular complexity index is 217. The van der Waals surface area contributed by atoms with E-state index in [4.69, 9.17) is 5.11 Å². The maximum atomic E-state index is 10.3. The highest BCUT2D eigenvalue weighted by atomic mass is 27.0. The average Bonchev–Trinajstić information content (AvgIpc) is 2.38. The molecule has 0 unspecified atom stereocenters. The van der Waals surface area contributed by atoms with Crippen LogP contribution in [0.15, 0.2) is 0 Å². The zero-order valence-electron chi connectivity index (χ0n) is 14.4. The zero-order chi connectivity index (χ0) is 15.1. The molecule has 0 fully saturated rings. The molecule has 0 aromatic rings.